The van der Waals surface area contributed by atoms with Crippen LogP contribution in [-0.4, -0.2) is 84.2 Å². The maximum absolute atomic E-state index is 14.2. The normalized spacial score (nSPS) is 19.0. The second kappa shape index (κ2) is 13.2. The molecule has 3 aromatic rings. The smallest absolute Gasteiger partial charge is 0.433 e. The number of benzene rings is 1. The average Bonchev–Trinajstić information content (AvgIpc) is 3.48. The van der Waals surface area contributed by atoms with Gasteiger partial charge in [-0.05, 0) is 44.0 Å². The highest BCUT2D eigenvalue weighted by atomic mass is 35.5. The van der Waals surface area contributed by atoms with E-state index in [9.17, 15) is 31.1 Å². The molecule has 2 aliphatic heterocycles. The Labute approximate surface area is 255 Å². The largest absolute Gasteiger partial charge is 0.462 e. The number of anilines is 2. The van der Waals surface area contributed by atoms with Gasteiger partial charge in [-0.3, -0.25) is 9.58 Å². The molecular weight excluding hydrogens is 614 g/mol. The first-order chi connectivity index (χ1) is 21.0. The number of halogens is 7. The van der Waals surface area contributed by atoms with Crippen molar-refractivity contribution < 1.29 is 35.9 Å². The number of alkyl halides is 6. The molecule has 0 aliphatic carbocycles. The molecule has 0 saturated carbocycles. The molecule has 2 unspecified atom stereocenters. The van der Waals surface area contributed by atoms with Crippen LogP contribution < -0.4 is 9.80 Å². The molecule has 2 atom stereocenters. The molecule has 2 fully saturated rings. The van der Waals surface area contributed by atoms with E-state index in [0.29, 0.717) is 49.0 Å². The van der Waals surface area contributed by atoms with E-state index >= 15 is 0 Å². The summed E-state index contributed by atoms with van der Waals surface area (Å²) in [7, 11) is 0. The number of aromatic nitrogens is 3. The summed E-state index contributed by atoms with van der Waals surface area (Å²) in [6.45, 7) is 3.15. The summed E-state index contributed by atoms with van der Waals surface area (Å²) in [5.41, 5.74) is 0.455. The van der Waals surface area contributed by atoms with Crippen LogP contribution in [0.1, 0.15) is 41.9 Å². The molecule has 0 radical (unpaired) electrons. The lowest BCUT2D eigenvalue weighted by atomic mass is 10.00. The van der Waals surface area contributed by atoms with Crippen molar-refractivity contribution in [1.82, 2.24) is 19.7 Å². The number of hydrogen-bond acceptors (Lipinski definition) is 7. The van der Waals surface area contributed by atoms with Gasteiger partial charge in [-0.15, -0.1) is 0 Å². The van der Waals surface area contributed by atoms with Crippen molar-refractivity contribution in [1.29, 1.82) is 0 Å². The second-order valence-corrected chi connectivity index (χ2v) is 11.0. The quantitative estimate of drug-likeness (QED) is 0.162. The van der Waals surface area contributed by atoms with Gasteiger partial charge in [0, 0.05) is 67.3 Å². The zero-order valence-electron chi connectivity index (χ0n) is 23.8. The highest BCUT2D eigenvalue weighted by Crippen LogP contribution is 2.39. The van der Waals surface area contributed by atoms with Gasteiger partial charge in [0.15, 0.2) is 5.69 Å². The standard InChI is InChI=1S/C29H31ClF6N6O2/c1-2-44-28(43)22-16-38-42(25(22)29(34,35)36)20-4-3-9-41(17-20)23-14-19(30)6-7-21(23)18-5-8-24(37-15-18)39-10-12-40(13-11-39)27(33)26(31)32/h5-8,14-16,20,26-27H,2-4,9-13,17H2,1H3. The van der Waals surface area contributed by atoms with E-state index in [4.69, 9.17) is 16.3 Å². The van der Waals surface area contributed by atoms with Crippen LogP contribution in [0.25, 0.3) is 11.1 Å². The minimum Gasteiger partial charge on any atom is -0.462 e. The summed E-state index contributed by atoms with van der Waals surface area (Å²) in [5.74, 6) is -0.460. The van der Waals surface area contributed by atoms with Crippen LogP contribution in [0.2, 0.25) is 5.02 Å². The number of nitrogens with zero attached hydrogens (tertiary/aromatic N) is 6. The molecule has 2 aromatic heterocycles. The predicted molar refractivity (Wildman–Crippen MR) is 153 cm³/mol. The van der Waals surface area contributed by atoms with Gasteiger partial charge in [0.2, 0.25) is 6.30 Å². The molecular formula is C29H31ClF6N6O2. The Bertz CT molecular complexity index is 1450. The lowest BCUT2D eigenvalue weighted by molar-refractivity contribution is -0.145. The van der Waals surface area contributed by atoms with Gasteiger partial charge in [-0.25, -0.2) is 22.9 Å². The van der Waals surface area contributed by atoms with Crippen molar-refractivity contribution in [3.05, 3.63) is 59.0 Å². The predicted octanol–water partition coefficient (Wildman–Crippen LogP) is 6.32. The van der Waals surface area contributed by atoms with Crippen molar-refractivity contribution >= 4 is 29.1 Å². The Morgan fingerprint density at radius 1 is 1.05 bits per heavy atom. The van der Waals surface area contributed by atoms with E-state index < -0.39 is 42.2 Å². The molecule has 0 N–H and O–H groups in total. The van der Waals surface area contributed by atoms with E-state index in [0.717, 1.165) is 26.9 Å². The molecule has 5 rings (SSSR count). The third-order valence-electron chi connectivity index (χ3n) is 7.86. The maximum atomic E-state index is 14.2. The number of carbonyl (C=O) groups is 1. The molecule has 15 heteroatoms. The number of piperidine rings is 1. The number of ether oxygens (including phenoxy) is 1. The SMILES string of the molecule is CCOC(=O)c1cnn(C2CCCN(c3cc(Cl)ccc3-c3ccc(N4CCN(C(F)C(F)F)CC4)nc3)C2)c1C(F)(F)F. The fourth-order valence-corrected chi connectivity index (χ4v) is 5.92. The number of piperazine rings is 1. The molecule has 8 nitrogen and oxygen atoms in total. The van der Waals surface area contributed by atoms with Crippen LogP contribution in [0.15, 0.2) is 42.7 Å². The number of carbonyl (C=O) groups excluding carboxylic acids is 1. The maximum Gasteiger partial charge on any atom is 0.433 e. The second-order valence-electron chi connectivity index (χ2n) is 10.6. The van der Waals surface area contributed by atoms with E-state index in [1.807, 2.05) is 21.9 Å². The Hall–Kier alpha value is -3.52. The van der Waals surface area contributed by atoms with Crippen molar-refractivity contribution in [2.75, 3.05) is 55.7 Å². The van der Waals surface area contributed by atoms with Crippen LogP contribution in [0.4, 0.5) is 37.8 Å². The lowest BCUT2D eigenvalue weighted by Crippen LogP contribution is -2.51. The molecule has 0 spiro atoms. The van der Waals surface area contributed by atoms with Crippen LogP contribution in [0, 0.1) is 0 Å². The van der Waals surface area contributed by atoms with Gasteiger partial charge in [0.1, 0.15) is 11.4 Å². The number of esters is 1. The zero-order chi connectivity index (χ0) is 31.6. The highest BCUT2D eigenvalue weighted by Gasteiger charge is 2.42. The molecule has 1 aromatic carbocycles. The molecule has 4 heterocycles. The molecule has 238 valence electrons. The summed E-state index contributed by atoms with van der Waals surface area (Å²) in [5, 5.41) is 4.43. The topological polar surface area (TPSA) is 66.7 Å². The Morgan fingerprint density at radius 3 is 2.43 bits per heavy atom. The van der Waals surface area contributed by atoms with E-state index in [-0.39, 0.29) is 26.2 Å². The van der Waals surface area contributed by atoms with Gasteiger partial charge in [0.25, 0.3) is 6.43 Å². The summed E-state index contributed by atoms with van der Waals surface area (Å²) in [6, 6.07) is 8.24. The summed E-state index contributed by atoms with van der Waals surface area (Å²) < 4.78 is 87.4. The molecule has 44 heavy (non-hydrogen) atoms. The fraction of sp³-hybridized carbons (Fsp3) is 0.483. The Morgan fingerprint density at radius 2 is 1.80 bits per heavy atom. The van der Waals surface area contributed by atoms with Crippen LogP contribution in [0.3, 0.4) is 0 Å². The minimum atomic E-state index is -4.82. The fourth-order valence-electron chi connectivity index (χ4n) is 5.75. The van der Waals surface area contributed by atoms with Crippen LogP contribution in [-0.2, 0) is 10.9 Å². The molecule has 2 saturated heterocycles. The zero-order valence-corrected chi connectivity index (χ0v) is 24.5. The monoisotopic (exact) mass is 644 g/mol. The first kappa shape index (κ1) is 31.9. The Kier molecular flexibility index (Phi) is 9.59. The van der Waals surface area contributed by atoms with Crippen LogP contribution in [0.5, 0.6) is 0 Å². The molecule has 0 amide bonds. The van der Waals surface area contributed by atoms with Crippen molar-refractivity contribution in [2.24, 2.45) is 0 Å². The average molecular weight is 645 g/mol. The molecule has 2 aliphatic rings. The summed E-state index contributed by atoms with van der Waals surface area (Å²) in [4.78, 5) is 21.8. The third-order valence-corrected chi connectivity index (χ3v) is 8.09. The number of rotatable bonds is 8. The van der Waals surface area contributed by atoms with Crippen molar-refractivity contribution in [3.63, 3.8) is 0 Å². The van der Waals surface area contributed by atoms with Gasteiger partial charge in [0.05, 0.1) is 18.8 Å². The third kappa shape index (κ3) is 6.75. The minimum absolute atomic E-state index is 0.0661. The van der Waals surface area contributed by atoms with Crippen molar-refractivity contribution in [3.8, 4) is 11.1 Å². The van der Waals surface area contributed by atoms with E-state index in [1.165, 1.54) is 6.92 Å². The van der Waals surface area contributed by atoms with Gasteiger partial charge in [-0.2, -0.15) is 18.3 Å². The number of pyridine rings is 1. The van der Waals surface area contributed by atoms with Gasteiger partial charge < -0.3 is 14.5 Å². The highest BCUT2D eigenvalue weighted by molar-refractivity contribution is 6.31. The number of hydrogen-bond donors (Lipinski definition) is 0. The van der Waals surface area contributed by atoms with E-state index in [2.05, 4.69) is 10.1 Å². The molecule has 0 bridgehead atoms. The van der Waals surface area contributed by atoms with Crippen molar-refractivity contribution in [2.45, 2.75) is 44.7 Å². The summed E-state index contributed by atoms with van der Waals surface area (Å²) in [6.07, 6.45) is -6.62. The first-order valence-electron chi connectivity index (χ1n) is 14.2. The lowest BCUT2D eigenvalue weighted by Gasteiger charge is -2.37. The van der Waals surface area contributed by atoms with E-state index in [1.54, 1.807) is 24.4 Å². The first-order valence-corrected chi connectivity index (χ1v) is 14.6. The van der Waals surface area contributed by atoms with Gasteiger partial charge in [-0.1, -0.05) is 17.7 Å². The summed E-state index contributed by atoms with van der Waals surface area (Å²) >= 11 is 6.37. The van der Waals surface area contributed by atoms with Gasteiger partial charge >= 0.3 is 12.1 Å². The van der Waals surface area contributed by atoms with Crippen LogP contribution >= 0.6 is 11.6 Å². The Balaban J connectivity index is 1.37.